The summed E-state index contributed by atoms with van der Waals surface area (Å²) in [5.74, 6) is 0.161. The molecular weight excluding hydrogens is 1730 g/mol. The molecule has 0 aromatic rings. The lowest BCUT2D eigenvalue weighted by molar-refractivity contribution is -0.145. The van der Waals surface area contributed by atoms with Crippen molar-refractivity contribution < 1.29 is 117 Å². The quantitative estimate of drug-likeness (QED) is 0.0180. The zero-order valence-electron chi connectivity index (χ0n) is 86.0. The largest absolute Gasteiger partial charge is 0.515 e. The molecule has 34 nitrogen and oxygen atoms in total. The number of aliphatic imine (C=N–C) groups is 2. The van der Waals surface area contributed by atoms with Gasteiger partial charge in [0.05, 0.1) is 58.1 Å². The van der Waals surface area contributed by atoms with Crippen LogP contribution >= 0.6 is 0 Å². The molecule has 0 fully saturated rings. The Balaban J connectivity index is -0.000000336. The van der Waals surface area contributed by atoms with E-state index < -0.39 is 61.4 Å². The minimum Gasteiger partial charge on any atom is -0.466 e. The maximum atomic E-state index is 11.9. The van der Waals surface area contributed by atoms with Gasteiger partial charge in [-0.3, -0.25) is 29.3 Å². The van der Waals surface area contributed by atoms with E-state index in [-0.39, 0.29) is 17.9 Å². The molecule has 1 rings (SSSR count). The predicted octanol–water partition coefficient (Wildman–Crippen LogP) is 13.1. The summed E-state index contributed by atoms with van der Waals surface area (Å²) < 4.78 is 124. The van der Waals surface area contributed by atoms with Gasteiger partial charge < -0.3 is 127 Å². The van der Waals surface area contributed by atoms with Gasteiger partial charge in [0.25, 0.3) is 0 Å². The minimum absolute atomic E-state index is 0.0988. The van der Waals surface area contributed by atoms with Crippen molar-refractivity contribution in [2.45, 2.75) is 236 Å². The van der Waals surface area contributed by atoms with Gasteiger partial charge in [0, 0.05) is 216 Å². The summed E-state index contributed by atoms with van der Waals surface area (Å²) in [6.45, 7) is 46.3. The highest BCUT2D eigenvalue weighted by molar-refractivity contribution is 6.66. The Kier molecular flexibility index (Phi) is 93.6. The summed E-state index contributed by atoms with van der Waals surface area (Å²) in [6.07, 6.45) is 16.4. The lowest BCUT2D eigenvalue weighted by atomic mass is 10.1. The second-order valence-corrected chi connectivity index (χ2v) is 51.9. The number of hydrogen-bond acceptors (Lipinski definition) is 34. The number of hydrogen-bond donors (Lipinski definition) is 0. The van der Waals surface area contributed by atoms with Gasteiger partial charge >= 0.3 is 79.3 Å². The van der Waals surface area contributed by atoms with Crippen LogP contribution in [-0.2, 0) is 117 Å². The number of esters is 3. The zero-order valence-corrected chi connectivity index (χ0v) is 93.0. The second kappa shape index (κ2) is 87.4. The summed E-state index contributed by atoms with van der Waals surface area (Å²) in [4.78, 5) is 57.3. The van der Waals surface area contributed by atoms with Crippen LogP contribution in [0.1, 0.15) is 193 Å². The lowest BCUT2D eigenvalue weighted by Crippen LogP contribution is -2.55. The number of rotatable bonds is 73. The molecule has 0 spiro atoms. The molecule has 0 unspecified atom stereocenters. The fourth-order valence-corrected chi connectivity index (χ4v) is 25.0. The van der Waals surface area contributed by atoms with Crippen LogP contribution in [0.25, 0.3) is 0 Å². The van der Waals surface area contributed by atoms with Gasteiger partial charge in [-0.05, 0) is 184 Å². The van der Waals surface area contributed by atoms with Crippen molar-refractivity contribution in [3.05, 3.63) is 0 Å². The van der Waals surface area contributed by atoms with E-state index in [2.05, 4.69) is 129 Å². The first-order valence-electron chi connectivity index (χ1n) is 45.6. The van der Waals surface area contributed by atoms with Crippen LogP contribution in [0.5, 0.6) is 0 Å². The third kappa shape index (κ3) is 70.4. The van der Waals surface area contributed by atoms with E-state index in [0.29, 0.717) is 90.5 Å². The number of carbonyl (C=O) groups is 3. The van der Waals surface area contributed by atoms with Crippen LogP contribution < -0.4 is 0 Å². The Morgan fingerprint density at radius 2 is 0.720 bits per heavy atom. The van der Waals surface area contributed by atoms with Gasteiger partial charge in [-0.15, -0.1) is 0 Å². The fourth-order valence-electron chi connectivity index (χ4n) is 12.3. The van der Waals surface area contributed by atoms with E-state index in [1.165, 1.54) is 5.71 Å². The molecule has 752 valence electrons. The second-order valence-electron chi connectivity index (χ2n) is 30.3. The smallest absolute Gasteiger partial charge is 0.466 e. The van der Waals surface area contributed by atoms with E-state index in [9.17, 15) is 14.4 Å². The van der Waals surface area contributed by atoms with E-state index in [0.717, 1.165) is 198 Å². The molecule has 0 bridgehead atoms. The van der Waals surface area contributed by atoms with E-state index >= 15 is 0 Å². The minimum atomic E-state index is -2.63. The molecule has 125 heavy (non-hydrogen) atoms. The average molecular weight is 1930 g/mol. The molecule has 0 saturated carbocycles. The molecule has 0 amide bonds. The molecule has 0 aromatic heterocycles. The molecule has 0 aromatic carbocycles. The summed E-state index contributed by atoms with van der Waals surface area (Å²) >= 11 is 0. The number of nitrogens with zero attached hydrogens (tertiary/aromatic N) is 8. The van der Waals surface area contributed by atoms with Gasteiger partial charge in [-0.2, -0.15) is 0 Å². The average Bonchev–Trinajstić information content (AvgIpc) is 1.09. The zero-order chi connectivity index (χ0) is 96.3. The molecule has 0 saturated heterocycles. The van der Waals surface area contributed by atoms with Crippen molar-refractivity contribution in [1.29, 1.82) is 0 Å². The first kappa shape index (κ1) is 134. The maximum Gasteiger partial charge on any atom is 0.515 e. The summed E-state index contributed by atoms with van der Waals surface area (Å²) in [6, 6.07) is 5.04. The Morgan fingerprint density at radius 1 is 0.392 bits per heavy atom. The molecule has 1 aliphatic heterocycles. The van der Waals surface area contributed by atoms with E-state index in [1.54, 1.807) is 121 Å². The summed E-state index contributed by atoms with van der Waals surface area (Å²) in [5.41, 5.74) is 1.22. The summed E-state index contributed by atoms with van der Waals surface area (Å²) in [5, 5.41) is 0. The molecular formula is C84H192N8O26Si7. The molecule has 1 heterocycles. The third-order valence-corrected chi connectivity index (χ3v) is 40.8. The van der Waals surface area contributed by atoms with Crippen LogP contribution in [0.2, 0.25) is 42.8 Å². The monoisotopic (exact) mass is 1930 g/mol. The van der Waals surface area contributed by atoms with Crippen molar-refractivity contribution in [3.63, 3.8) is 0 Å². The summed E-state index contributed by atoms with van der Waals surface area (Å²) in [7, 11) is 17.7. The predicted molar refractivity (Wildman–Crippen MR) is 519 cm³/mol. The van der Waals surface area contributed by atoms with Gasteiger partial charge in [0.2, 0.25) is 0 Å². The van der Waals surface area contributed by atoms with Crippen molar-refractivity contribution in [3.8, 4) is 0 Å². The lowest BCUT2D eigenvalue weighted by Gasteiger charge is -2.32. The van der Waals surface area contributed by atoms with Crippen molar-refractivity contribution >= 4 is 91.3 Å². The van der Waals surface area contributed by atoms with Gasteiger partial charge in [0.15, 0.2) is 0 Å². The first-order valence-corrected chi connectivity index (χ1v) is 59.8. The molecule has 0 N–H and O–H groups in total. The standard InChI is InChI=1S/C20H41NO7Si.C14H31NO4Si.C12H27NO3Si.C11H27NO3Si.C10H25NO3Si.C9H20N2O3Si.C8H21NO3Si/c1-6-8-16-27-19(22)11-14-21(15-12-20(23)28-17-9-7-2)13-10-18-29(24-3,25-4)26-5;1-6-7-12-19-14(16)9-11-15(2)10-8-13-20(5,17-3)18-4;1-11(2)10-12(3)13-8-7-9-17(14-4,15-5)16-6;1-6-12(7-2)11-16(13-8-3,14-9-4)15-10-5;1-6-11(7-2)9-8-10-15(12-3,13-4)14-5;1-12-15(13-2,14-3)8-4-6-11-7-5-10-9-11;1-9(2)7-6-8-13(10-3,11-4)12-5/h6-18H2,1-5H3;6-13H2,1-5H3;11H,7-10H2,1-6H3;6-11H2,1-5H3;6-10H2,1-5H3;9H,4-8H2,1-3H3;6-8H2,1-5H3. The Morgan fingerprint density at radius 3 is 1.02 bits per heavy atom. The van der Waals surface area contributed by atoms with Crippen LogP contribution in [0, 0.1) is 5.92 Å². The molecule has 0 aliphatic carbocycles. The van der Waals surface area contributed by atoms with Gasteiger partial charge in [-0.25, -0.2) is 0 Å². The van der Waals surface area contributed by atoms with Crippen LogP contribution in [0.15, 0.2) is 9.98 Å². The highest BCUT2D eigenvalue weighted by Gasteiger charge is 2.43. The first-order chi connectivity index (χ1) is 59.6. The molecule has 0 radical (unpaired) electrons. The van der Waals surface area contributed by atoms with Crippen molar-refractivity contribution in [2.24, 2.45) is 15.9 Å². The number of unbranched alkanes of at least 4 members (excludes halogenated alkanes) is 3. The maximum absolute atomic E-state index is 11.9. The van der Waals surface area contributed by atoms with Crippen molar-refractivity contribution in [1.82, 2.24) is 29.4 Å². The molecule has 1 aliphatic rings. The molecule has 41 heteroatoms. The fraction of sp³-hybridized carbons (Fsp3) is 0.940. The van der Waals surface area contributed by atoms with E-state index in [4.69, 9.17) is 103 Å². The highest BCUT2D eigenvalue weighted by Crippen LogP contribution is 2.22. The number of carbonyl (C=O) groups excluding carboxylic acids is 3. The van der Waals surface area contributed by atoms with E-state index in [1.807, 2.05) is 34.2 Å². The Hall–Kier alpha value is -1.93. The third-order valence-electron chi connectivity index (χ3n) is 20.7. The SMILES string of the molecule is CCCCOC(=O)CCN(C)CCC[Si](C)(OC)OC.CCCCOC(=O)CCN(CCC[Si](OC)(OC)OC)CCC(=O)OCCCC.CCN(CC)CCC[Si](OC)(OC)OC.CCO[Si](CN(CC)CC)(OCC)OCC.CO[Si](CCCN(C)C)(OC)OC.CO[Si](CCCN1C=NCC1)(OC)OC.CO[Si](CCCN=C(C)CC(C)C)(OC)OC. The van der Waals surface area contributed by atoms with Crippen molar-refractivity contribution in [2.75, 3.05) is 286 Å². The number of ether oxygens (including phenoxy) is 3. The topological polar surface area (TPSA) is 308 Å². The van der Waals surface area contributed by atoms with Crippen LogP contribution in [0.4, 0.5) is 0 Å². The Bertz CT molecular complexity index is 2370. The normalized spacial score (nSPS) is 12.8. The highest BCUT2D eigenvalue weighted by atomic mass is 28.4. The molecule has 0 atom stereocenters. The Labute approximate surface area is 771 Å². The van der Waals surface area contributed by atoms with Gasteiger partial charge in [-0.1, -0.05) is 81.6 Å². The van der Waals surface area contributed by atoms with Gasteiger partial charge in [0.1, 0.15) is 0 Å². The van der Waals surface area contributed by atoms with Crippen LogP contribution in [-0.4, -0.2) is 407 Å². The van der Waals surface area contributed by atoms with Crippen LogP contribution in [0.3, 0.4) is 0 Å².